The highest BCUT2D eigenvalue weighted by Gasteiger charge is 2.29. The number of hydrogen-bond acceptors (Lipinski definition) is 4. The zero-order valence-corrected chi connectivity index (χ0v) is 9.59. The standard InChI is InChI=1S/C8H16NO3P/c1-7(2)11-13(5,10)12-8(3,4)6-9/h7H,1-5H3/t13-/m0/s1. The molecule has 76 valence electrons. The van der Waals surface area contributed by atoms with Gasteiger partial charge >= 0.3 is 7.60 Å². The van der Waals surface area contributed by atoms with E-state index in [1.54, 1.807) is 27.7 Å². The molecular formula is C8H16NO3P. The largest absolute Gasteiger partial charge is 0.329 e. The van der Waals surface area contributed by atoms with Crippen molar-refractivity contribution in [1.82, 2.24) is 0 Å². The molecule has 0 N–H and O–H groups in total. The Morgan fingerprint density at radius 2 is 1.92 bits per heavy atom. The Morgan fingerprint density at radius 1 is 1.46 bits per heavy atom. The summed E-state index contributed by atoms with van der Waals surface area (Å²) in [5.74, 6) is 0. The van der Waals surface area contributed by atoms with Crippen LogP contribution < -0.4 is 0 Å². The van der Waals surface area contributed by atoms with Crippen LogP contribution in [-0.4, -0.2) is 18.4 Å². The third kappa shape index (κ3) is 5.81. The van der Waals surface area contributed by atoms with E-state index in [-0.39, 0.29) is 6.10 Å². The Bertz CT molecular complexity index is 255. The van der Waals surface area contributed by atoms with E-state index in [4.69, 9.17) is 14.3 Å². The lowest BCUT2D eigenvalue weighted by Crippen LogP contribution is -2.21. The summed E-state index contributed by atoms with van der Waals surface area (Å²) in [6, 6.07) is 1.90. The van der Waals surface area contributed by atoms with E-state index in [0.29, 0.717) is 0 Å². The average molecular weight is 205 g/mol. The molecule has 0 aliphatic rings. The molecule has 0 aromatic heterocycles. The Balaban J connectivity index is 4.36. The minimum absolute atomic E-state index is 0.176. The Morgan fingerprint density at radius 3 is 2.23 bits per heavy atom. The van der Waals surface area contributed by atoms with Gasteiger partial charge in [0.25, 0.3) is 0 Å². The fourth-order valence-electron chi connectivity index (χ4n) is 0.839. The first-order valence-electron chi connectivity index (χ1n) is 4.06. The van der Waals surface area contributed by atoms with Crippen molar-refractivity contribution >= 4 is 7.60 Å². The molecule has 0 saturated carbocycles. The molecule has 0 fully saturated rings. The molecule has 0 unspecified atom stereocenters. The molecule has 0 aromatic rings. The fourth-order valence-corrected chi connectivity index (χ4v) is 2.52. The topological polar surface area (TPSA) is 59.3 Å². The third-order valence-corrected chi connectivity index (χ3v) is 2.66. The lowest BCUT2D eigenvalue weighted by molar-refractivity contribution is 0.110. The first kappa shape index (κ1) is 12.6. The van der Waals surface area contributed by atoms with Crippen LogP contribution in [0.5, 0.6) is 0 Å². The monoisotopic (exact) mass is 205 g/mol. The lowest BCUT2D eigenvalue weighted by atomic mass is 10.2. The van der Waals surface area contributed by atoms with Gasteiger partial charge in [-0.1, -0.05) is 0 Å². The summed E-state index contributed by atoms with van der Waals surface area (Å²) in [5.41, 5.74) is -1.07. The summed E-state index contributed by atoms with van der Waals surface area (Å²) in [6.07, 6.45) is -0.176. The van der Waals surface area contributed by atoms with Crippen molar-refractivity contribution < 1.29 is 13.6 Å². The van der Waals surface area contributed by atoms with Crippen molar-refractivity contribution in [3.63, 3.8) is 0 Å². The smallest absolute Gasteiger partial charge is 0.306 e. The van der Waals surface area contributed by atoms with Crippen molar-refractivity contribution in [2.75, 3.05) is 6.66 Å². The Labute approximate surface area is 79.4 Å². The van der Waals surface area contributed by atoms with E-state index in [2.05, 4.69) is 0 Å². The van der Waals surface area contributed by atoms with Crippen LogP contribution in [-0.2, 0) is 13.6 Å². The summed E-state index contributed by atoms with van der Waals surface area (Å²) in [7, 11) is -3.11. The van der Waals surface area contributed by atoms with Crippen molar-refractivity contribution in [2.24, 2.45) is 0 Å². The maximum atomic E-state index is 11.6. The van der Waals surface area contributed by atoms with Gasteiger partial charge in [0.05, 0.1) is 12.2 Å². The highest BCUT2D eigenvalue weighted by molar-refractivity contribution is 7.53. The molecule has 0 amide bonds. The second-order valence-corrected chi connectivity index (χ2v) is 5.57. The van der Waals surface area contributed by atoms with Gasteiger partial charge in [0.1, 0.15) is 0 Å². The summed E-state index contributed by atoms with van der Waals surface area (Å²) in [5, 5.41) is 8.64. The second-order valence-electron chi connectivity index (χ2n) is 3.64. The minimum Gasteiger partial charge on any atom is -0.306 e. The molecular weight excluding hydrogens is 189 g/mol. The van der Waals surface area contributed by atoms with E-state index >= 15 is 0 Å². The van der Waals surface area contributed by atoms with Gasteiger partial charge in [-0.2, -0.15) is 5.26 Å². The molecule has 0 spiro atoms. The number of nitrogens with zero attached hydrogens (tertiary/aromatic N) is 1. The maximum absolute atomic E-state index is 11.6. The van der Waals surface area contributed by atoms with Gasteiger partial charge in [0, 0.05) is 6.66 Å². The lowest BCUT2D eigenvalue weighted by Gasteiger charge is -2.23. The molecule has 4 nitrogen and oxygen atoms in total. The molecule has 0 aromatic carbocycles. The molecule has 13 heavy (non-hydrogen) atoms. The van der Waals surface area contributed by atoms with Crippen LogP contribution in [0.4, 0.5) is 0 Å². The van der Waals surface area contributed by atoms with Crippen molar-refractivity contribution in [3.05, 3.63) is 0 Å². The molecule has 0 rings (SSSR count). The second kappa shape index (κ2) is 4.23. The predicted molar refractivity (Wildman–Crippen MR) is 50.5 cm³/mol. The van der Waals surface area contributed by atoms with Crippen LogP contribution >= 0.6 is 7.60 Å². The van der Waals surface area contributed by atoms with Gasteiger partial charge in [0.15, 0.2) is 5.60 Å². The van der Waals surface area contributed by atoms with Crippen molar-refractivity contribution in [2.45, 2.75) is 39.4 Å². The van der Waals surface area contributed by atoms with E-state index in [0.717, 1.165) is 0 Å². The van der Waals surface area contributed by atoms with Gasteiger partial charge in [-0.25, -0.2) is 0 Å². The summed E-state index contributed by atoms with van der Waals surface area (Å²) in [4.78, 5) is 0. The van der Waals surface area contributed by atoms with Crippen molar-refractivity contribution in [1.29, 1.82) is 5.26 Å². The first-order valence-corrected chi connectivity index (χ1v) is 6.05. The van der Waals surface area contributed by atoms with Gasteiger partial charge < -0.3 is 4.52 Å². The highest BCUT2D eigenvalue weighted by Crippen LogP contribution is 2.48. The SMILES string of the molecule is CC(C)O[P@](C)(=O)OC(C)(C)C#N. The van der Waals surface area contributed by atoms with Gasteiger partial charge in [-0.15, -0.1) is 0 Å². The summed E-state index contributed by atoms with van der Waals surface area (Å²) < 4.78 is 21.7. The zero-order valence-electron chi connectivity index (χ0n) is 8.70. The number of nitriles is 1. The normalized spacial score (nSPS) is 16.7. The van der Waals surface area contributed by atoms with Crippen molar-refractivity contribution in [3.8, 4) is 6.07 Å². The number of rotatable bonds is 4. The third-order valence-electron chi connectivity index (χ3n) is 1.07. The summed E-state index contributed by atoms with van der Waals surface area (Å²) >= 11 is 0. The molecule has 0 heterocycles. The first-order chi connectivity index (χ1) is 5.68. The Hall–Kier alpha value is -0.360. The van der Waals surface area contributed by atoms with Crippen LogP contribution in [0.15, 0.2) is 0 Å². The fraction of sp³-hybridized carbons (Fsp3) is 0.875. The molecule has 0 saturated heterocycles. The zero-order chi connectivity index (χ0) is 10.7. The van der Waals surface area contributed by atoms with Gasteiger partial charge in [0.2, 0.25) is 0 Å². The Kier molecular flexibility index (Phi) is 4.12. The molecule has 5 heteroatoms. The highest BCUT2D eigenvalue weighted by atomic mass is 31.2. The van der Waals surface area contributed by atoms with Crippen LogP contribution in [0.25, 0.3) is 0 Å². The van der Waals surface area contributed by atoms with E-state index in [9.17, 15) is 4.57 Å². The van der Waals surface area contributed by atoms with Crippen LogP contribution in [0.1, 0.15) is 27.7 Å². The average Bonchev–Trinajstić information content (AvgIpc) is 1.81. The van der Waals surface area contributed by atoms with E-state index in [1.165, 1.54) is 6.66 Å². The number of hydrogen-bond donors (Lipinski definition) is 0. The van der Waals surface area contributed by atoms with Gasteiger partial charge in [-0.3, -0.25) is 9.09 Å². The van der Waals surface area contributed by atoms with E-state index < -0.39 is 13.2 Å². The quantitative estimate of drug-likeness (QED) is 0.662. The van der Waals surface area contributed by atoms with Crippen LogP contribution in [0.2, 0.25) is 0 Å². The van der Waals surface area contributed by atoms with Crippen LogP contribution in [0, 0.1) is 11.3 Å². The molecule has 1 atom stereocenters. The summed E-state index contributed by atoms with van der Waals surface area (Å²) in [6.45, 7) is 7.99. The molecule has 0 aliphatic carbocycles. The predicted octanol–water partition coefficient (Wildman–Crippen LogP) is 2.55. The molecule has 0 bridgehead atoms. The maximum Gasteiger partial charge on any atom is 0.329 e. The van der Waals surface area contributed by atoms with Crippen LogP contribution in [0.3, 0.4) is 0 Å². The van der Waals surface area contributed by atoms with E-state index in [1.807, 2.05) is 6.07 Å². The minimum atomic E-state index is -3.11. The molecule has 0 aliphatic heterocycles. The molecule has 0 radical (unpaired) electrons. The van der Waals surface area contributed by atoms with Gasteiger partial charge in [-0.05, 0) is 27.7 Å².